The number of allylic oxidation sites excluding steroid dienone is 1. The van der Waals surface area contributed by atoms with Gasteiger partial charge in [0.25, 0.3) is 5.91 Å². The van der Waals surface area contributed by atoms with Crippen LogP contribution < -0.4 is 15.1 Å². The number of rotatable bonds is 9. The number of cyclic esters (lactones) is 1. The zero-order chi connectivity index (χ0) is 36.3. The van der Waals surface area contributed by atoms with Crippen LogP contribution in [0.15, 0.2) is 78.9 Å². The number of carbonyl (C=O) groups is 4. The standard InChI is InChI=1S/C40H50N4O7/c1-5-42(6-2)28-17-19-29(20-18-28)43-22-12-21-40-35(37(47)44(36(40)38(43)48)30(25-45)23-26(3)4)34-31(51-40)15-10-11-16-33(46)41-24-32(50-39(34)49)27-13-8-7-9-14-27/h7-10,12-15,17-21,26,30-32,34-36,45H,5-6,11,16,22-25H2,1-4H3,(H,41,46)/b15-10-/t30-,31+,32-,34-,35-,36+,40-/m1/s1. The monoisotopic (exact) mass is 698 g/mol. The zero-order valence-corrected chi connectivity index (χ0v) is 29.9. The van der Waals surface area contributed by atoms with Gasteiger partial charge in [0.15, 0.2) is 0 Å². The van der Waals surface area contributed by atoms with E-state index in [2.05, 4.69) is 24.1 Å². The Morgan fingerprint density at radius 3 is 2.37 bits per heavy atom. The molecule has 272 valence electrons. The Labute approximate surface area is 300 Å². The van der Waals surface area contributed by atoms with E-state index in [1.54, 1.807) is 23.1 Å². The molecule has 0 saturated carbocycles. The maximum Gasteiger partial charge on any atom is 0.313 e. The molecule has 2 fully saturated rings. The summed E-state index contributed by atoms with van der Waals surface area (Å²) < 4.78 is 13.0. The molecule has 0 radical (unpaired) electrons. The van der Waals surface area contributed by atoms with Crippen molar-refractivity contribution >= 4 is 35.1 Å². The summed E-state index contributed by atoms with van der Waals surface area (Å²) in [7, 11) is 0. The van der Waals surface area contributed by atoms with Gasteiger partial charge in [-0.05, 0) is 62.4 Å². The summed E-state index contributed by atoms with van der Waals surface area (Å²) in [4.78, 5) is 62.4. The average molecular weight is 699 g/mol. The minimum absolute atomic E-state index is 0.0659. The molecule has 6 rings (SSSR count). The largest absolute Gasteiger partial charge is 0.455 e. The van der Waals surface area contributed by atoms with E-state index in [1.165, 1.54) is 4.90 Å². The Morgan fingerprint density at radius 1 is 0.980 bits per heavy atom. The highest BCUT2D eigenvalue weighted by atomic mass is 16.6. The molecule has 0 aliphatic carbocycles. The summed E-state index contributed by atoms with van der Waals surface area (Å²) in [5, 5.41) is 13.6. The van der Waals surface area contributed by atoms with Gasteiger partial charge in [0.2, 0.25) is 11.8 Å². The van der Waals surface area contributed by atoms with E-state index in [0.29, 0.717) is 24.1 Å². The van der Waals surface area contributed by atoms with E-state index in [0.717, 1.165) is 18.8 Å². The normalized spacial score (nSPS) is 29.3. The quantitative estimate of drug-likeness (QED) is 0.295. The van der Waals surface area contributed by atoms with E-state index >= 15 is 0 Å². The van der Waals surface area contributed by atoms with Crippen LogP contribution in [-0.2, 0) is 28.7 Å². The number of hydrogen-bond acceptors (Lipinski definition) is 8. The number of benzene rings is 2. The van der Waals surface area contributed by atoms with E-state index in [9.17, 15) is 24.3 Å². The molecule has 4 aliphatic rings. The van der Waals surface area contributed by atoms with Gasteiger partial charge in [0, 0.05) is 37.4 Å². The first-order valence-corrected chi connectivity index (χ1v) is 18.3. The number of fused-ring (bicyclic) bond motifs is 2. The average Bonchev–Trinajstić information content (AvgIpc) is 3.52. The molecule has 51 heavy (non-hydrogen) atoms. The van der Waals surface area contributed by atoms with E-state index in [1.807, 2.05) is 74.5 Å². The summed E-state index contributed by atoms with van der Waals surface area (Å²) in [6.45, 7) is 9.82. The predicted octanol–water partition coefficient (Wildman–Crippen LogP) is 4.17. The first-order valence-electron chi connectivity index (χ1n) is 18.3. The lowest BCUT2D eigenvalue weighted by atomic mass is 9.77. The summed E-state index contributed by atoms with van der Waals surface area (Å²) in [5.74, 6) is -3.67. The molecule has 7 atom stereocenters. The molecule has 1 spiro atoms. The van der Waals surface area contributed by atoms with Gasteiger partial charge in [-0.15, -0.1) is 0 Å². The van der Waals surface area contributed by atoms with Crippen molar-refractivity contribution < 1.29 is 33.8 Å². The number of hydrogen-bond donors (Lipinski definition) is 2. The first-order chi connectivity index (χ1) is 24.6. The molecule has 2 saturated heterocycles. The van der Waals surface area contributed by atoms with Crippen LogP contribution in [0.5, 0.6) is 0 Å². The number of amides is 3. The molecule has 4 aliphatic heterocycles. The molecule has 2 aromatic carbocycles. The Hall–Kier alpha value is -4.48. The number of anilines is 2. The molecule has 0 bridgehead atoms. The van der Waals surface area contributed by atoms with Crippen LogP contribution >= 0.6 is 0 Å². The van der Waals surface area contributed by atoms with Gasteiger partial charge in [-0.25, -0.2) is 0 Å². The van der Waals surface area contributed by atoms with Crippen LogP contribution in [0.4, 0.5) is 11.4 Å². The summed E-state index contributed by atoms with van der Waals surface area (Å²) >= 11 is 0. The lowest BCUT2D eigenvalue weighted by Crippen LogP contribution is -2.58. The minimum atomic E-state index is -1.51. The fourth-order valence-corrected chi connectivity index (χ4v) is 8.22. The molecule has 11 nitrogen and oxygen atoms in total. The number of nitrogens with zero attached hydrogens (tertiary/aromatic N) is 3. The van der Waals surface area contributed by atoms with Crippen molar-refractivity contribution in [1.29, 1.82) is 0 Å². The number of nitrogens with one attached hydrogen (secondary N) is 1. The second-order valence-electron chi connectivity index (χ2n) is 14.2. The Balaban J connectivity index is 1.43. The van der Waals surface area contributed by atoms with Crippen molar-refractivity contribution in [3.63, 3.8) is 0 Å². The lowest BCUT2D eigenvalue weighted by Gasteiger charge is -2.39. The highest BCUT2D eigenvalue weighted by Gasteiger charge is 2.72. The summed E-state index contributed by atoms with van der Waals surface area (Å²) in [5.41, 5.74) is 0.900. The highest BCUT2D eigenvalue weighted by Crippen LogP contribution is 2.54. The number of carbonyl (C=O) groups excluding carboxylic acids is 4. The fraction of sp³-hybridized carbons (Fsp3) is 0.500. The van der Waals surface area contributed by atoms with Gasteiger partial charge in [0.1, 0.15) is 23.7 Å². The van der Waals surface area contributed by atoms with Gasteiger partial charge < -0.3 is 34.6 Å². The van der Waals surface area contributed by atoms with Crippen LogP contribution in [0, 0.1) is 17.8 Å². The third-order valence-electron chi connectivity index (χ3n) is 10.6. The third-order valence-corrected chi connectivity index (χ3v) is 10.6. The van der Waals surface area contributed by atoms with Crippen molar-refractivity contribution in [3.8, 4) is 0 Å². The maximum absolute atomic E-state index is 15.0. The summed E-state index contributed by atoms with van der Waals surface area (Å²) in [6, 6.07) is 15.1. The lowest BCUT2D eigenvalue weighted by molar-refractivity contribution is -0.160. The van der Waals surface area contributed by atoms with Gasteiger partial charge in [-0.2, -0.15) is 0 Å². The maximum atomic E-state index is 15.0. The van der Waals surface area contributed by atoms with Crippen molar-refractivity contribution in [2.45, 2.75) is 76.9 Å². The molecule has 2 aromatic rings. The second kappa shape index (κ2) is 15.4. The van der Waals surface area contributed by atoms with Crippen LogP contribution in [-0.4, -0.2) is 90.3 Å². The van der Waals surface area contributed by atoms with Gasteiger partial charge in [-0.3, -0.25) is 19.2 Å². The Bertz CT molecular complexity index is 1640. The van der Waals surface area contributed by atoms with Crippen molar-refractivity contribution in [2.75, 3.05) is 42.6 Å². The number of ether oxygens (including phenoxy) is 2. The van der Waals surface area contributed by atoms with Gasteiger partial charge in [0.05, 0.1) is 31.2 Å². The molecule has 0 unspecified atom stereocenters. The van der Waals surface area contributed by atoms with Crippen molar-refractivity contribution in [1.82, 2.24) is 10.2 Å². The van der Waals surface area contributed by atoms with E-state index < -0.39 is 53.6 Å². The number of aliphatic hydroxyl groups is 1. The highest BCUT2D eigenvalue weighted by molar-refractivity contribution is 6.05. The number of likely N-dealkylation sites (tertiary alicyclic amines) is 1. The minimum Gasteiger partial charge on any atom is -0.455 e. The van der Waals surface area contributed by atoms with Crippen LogP contribution in [0.25, 0.3) is 0 Å². The smallest absolute Gasteiger partial charge is 0.313 e. The molecule has 11 heteroatoms. The van der Waals surface area contributed by atoms with Gasteiger partial charge >= 0.3 is 5.97 Å². The van der Waals surface area contributed by atoms with Crippen molar-refractivity contribution in [3.05, 3.63) is 84.5 Å². The van der Waals surface area contributed by atoms with Crippen LogP contribution in [0.2, 0.25) is 0 Å². The Kier molecular flexibility index (Phi) is 11.0. The van der Waals surface area contributed by atoms with E-state index in [-0.39, 0.29) is 43.8 Å². The van der Waals surface area contributed by atoms with Crippen LogP contribution in [0.1, 0.15) is 58.6 Å². The molecule has 3 amide bonds. The van der Waals surface area contributed by atoms with Crippen LogP contribution in [0.3, 0.4) is 0 Å². The zero-order valence-electron chi connectivity index (χ0n) is 29.9. The molecule has 2 N–H and O–H groups in total. The van der Waals surface area contributed by atoms with Crippen molar-refractivity contribution in [2.24, 2.45) is 17.8 Å². The molecule has 0 aromatic heterocycles. The predicted molar refractivity (Wildman–Crippen MR) is 194 cm³/mol. The number of esters is 1. The molecule has 4 heterocycles. The fourth-order valence-electron chi connectivity index (χ4n) is 8.22. The van der Waals surface area contributed by atoms with Gasteiger partial charge in [-0.1, -0.05) is 68.5 Å². The second-order valence-corrected chi connectivity index (χ2v) is 14.2. The topological polar surface area (TPSA) is 129 Å². The third kappa shape index (κ3) is 6.93. The summed E-state index contributed by atoms with van der Waals surface area (Å²) in [6.07, 6.45) is 6.52. The molecular formula is C40H50N4O7. The first kappa shape index (κ1) is 36.3. The number of aliphatic hydroxyl groups excluding tert-OH is 1. The SMILES string of the molecule is CCN(CC)c1ccc(N2CC=C[C@@]34O[C@H]5/C=C\CCC(=O)NC[C@H](c6ccccc6)OC(=O)[C@H]5[C@@H]3C(=O)N([C@@H](CO)CC(C)C)[C@H]4C2=O)cc1. The molecular weight excluding hydrogens is 648 g/mol. The Morgan fingerprint density at radius 2 is 1.71 bits per heavy atom. The van der Waals surface area contributed by atoms with E-state index in [4.69, 9.17) is 9.47 Å².